The second kappa shape index (κ2) is 12.1. The van der Waals surface area contributed by atoms with Crippen LogP contribution < -0.4 is 21.5 Å². The van der Waals surface area contributed by atoms with Crippen LogP contribution in [0.2, 0.25) is 0 Å². The van der Waals surface area contributed by atoms with Crippen LogP contribution in [0.1, 0.15) is 61.5 Å². The van der Waals surface area contributed by atoms with Crippen molar-refractivity contribution in [3.05, 3.63) is 70.8 Å². The number of rotatable bonds is 9. The van der Waals surface area contributed by atoms with Crippen LogP contribution in [0.3, 0.4) is 0 Å². The molecule has 3 amide bonds. The summed E-state index contributed by atoms with van der Waals surface area (Å²) in [5, 5.41) is 6.21. The zero-order valence-corrected chi connectivity index (χ0v) is 23.1. The molecule has 2 aromatic rings. The van der Waals surface area contributed by atoms with Crippen LogP contribution in [0.15, 0.2) is 48.5 Å². The maximum atomic E-state index is 13.4. The monoisotopic (exact) mass is 601 g/mol. The Morgan fingerprint density at radius 3 is 2.19 bits per heavy atom. The number of ether oxygens (including phenoxy) is 1. The van der Waals surface area contributed by atoms with Gasteiger partial charge in [0.25, 0.3) is 0 Å². The average molecular weight is 602 g/mol. The summed E-state index contributed by atoms with van der Waals surface area (Å²) in [6, 6.07) is 10.1. The number of halogens is 6. The Bertz CT molecular complexity index is 1230. The average Bonchev–Trinajstić information content (AvgIpc) is 3.38. The fourth-order valence-corrected chi connectivity index (χ4v) is 5.50. The first-order valence-electron chi connectivity index (χ1n) is 13.5. The SMILES string of the molecule is CCNC(=O)C[C@]1(N2CNNC2=O)CC[C@@](CO[C@H](C)c2cc(C(F)(F)F)cc(C(F)(F)F)c2)(c2ccccc2)NC1. The molecule has 0 aliphatic carbocycles. The first kappa shape index (κ1) is 31.6. The molecule has 230 valence electrons. The van der Waals surface area contributed by atoms with Crippen molar-refractivity contribution in [3.63, 3.8) is 0 Å². The van der Waals surface area contributed by atoms with Gasteiger partial charge in [-0.15, -0.1) is 0 Å². The molecule has 2 aromatic carbocycles. The Morgan fingerprint density at radius 2 is 1.69 bits per heavy atom. The molecule has 0 bridgehead atoms. The smallest absolute Gasteiger partial charge is 0.372 e. The van der Waals surface area contributed by atoms with E-state index in [1.54, 1.807) is 24.0 Å². The zero-order chi connectivity index (χ0) is 30.8. The first-order valence-corrected chi connectivity index (χ1v) is 13.5. The number of alkyl halides is 6. The number of nitrogens with one attached hydrogen (secondary N) is 4. The lowest BCUT2D eigenvalue weighted by molar-refractivity contribution is -0.143. The minimum Gasteiger partial charge on any atom is -0.372 e. The maximum absolute atomic E-state index is 13.4. The van der Waals surface area contributed by atoms with Gasteiger partial charge in [0.05, 0.1) is 48.0 Å². The number of carbonyl (C=O) groups excluding carboxylic acids is 2. The summed E-state index contributed by atoms with van der Waals surface area (Å²) in [5.41, 5.74) is 1.19. The van der Waals surface area contributed by atoms with E-state index < -0.39 is 40.7 Å². The van der Waals surface area contributed by atoms with Crippen molar-refractivity contribution in [2.24, 2.45) is 0 Å². The molecule has 0 unspecified atom stereocenters. The number of nitrogens with zero attached hydrogens (tertiary/aromatic N) is 1. The van der Waals surface area contributed by atoms with E-state index in [0.717, 1.165) is 5.56 Å². The van der Waals surface area contributed by atoms with Crippen LogP contribution in [0.4, 0.5) is 31.1 Å². The lowest BCUT2D eigenvalue weighted by Crippen LogP contribution is -2.65. The molecule has 0 saturated carbocycles. The number of amides is 3. The molecule has 4 rings (SSSR count). The molecule has 2 aliphatic rings. The fourth-order valence-electron chi connectivity index (χ4n) is 5.50. The molecule has 42 heavy (non-hydrogen) atoms. The van der Waals surface area contributed by atoms with Crippen molar-refractivity contribution in [2.75, 3.05) is 26.4 Å². The topological polar surface area (TPSA) is 94.7 Å². The molecule has 2 aliphatic heterocycles. The van der Waals surface area contributed by atoms with Gasteiger partial charge in [0.15, 0.2) is 0 Å². The quantitative estimate of drug-likeness (QED) is 0.309. The van der Waals surface area contributed by atoms with Crippen LogP contribution in [-0.4, -0.2) is 48.7 Å². The predicted octanol–water partition coefficient (Wildman–Crippen LogP) is 4.83. The number of urea groups is 1. The van der Waals surface area contributed by atoms with Gasteiger partial charge in [0.2, 0.25) is 5.91 Å². The minimum absolute atomic E-state index is 0.0233. The second-order valence-corrected chi connectivity index (χ2v) is 10.6. The molecule has 2 saturated heterocycles. The van der Waals surface area contributed by atoms with Crippen LogP contribution >= 0.6 is 0 Å². The summed E-state index contributed by atoms with van der Waals surface area (Å²) < 4.78 is 86.7. The Morgan fingerprint density at radius 1 is 1.05 bits per heavy atom. The predicted molar refractivity (Wildman–Crippen MR) is 141 cm³/mol. The first-order chi connectivity index (χ1) is 19.7. The Kier molecular flexibility index (Phi) is 9.09. The minimum atomic E-state index is -4.98. The zero-order valence-electron chi connectivity index (χ0n) is 23.1. The summed E-state index contributed by atoms with van der Waals surface area (Å²) in [7, 11) is 0. The van der Waals surface area contributed by atoms with Gasteiger partial charge >= 0.3 is 18.4 Å². The van der Waals surface area contributed by atoms with Gasteiger partial charge in [-0.1, -0.05) is 30.3 Å². The normalized spacial score (nSPS) is 23.9. The van der Waals surface area contributed by atoms with Crippen LogP contribution in [0.5, 0.6) is 0 Å². The van der Waals surface area contributed by atoms with Crippen LogP contribution in [0.25, 0.3) is 0 Å². The molecule has 2 heterocycles. The van der Waals surface area contributed by atoms with Gasteiger partial charge in [0, 0.05) is 13.1 Å². The third-order valence-corrected chi connectivity index (χ3v) is 7.87. The van der Waals surface area contributed by atoms with E-state index in [4.69, 9.17) is 4.74 Å². The summed E-state index contributed by atoms with van der Waals surface area (Å²) in [4.78, 5) is 26.9. The highest BCUT2D eigenvalue weighted by atomic mass is 19.4. The Hall–Kier alpha value is -3.36. The van der Waals surface area contributed by atoms with Gasteiger partial charge in [-0.2, -0.15) is 26.3 Å². The standard InChI is InChI=1S/C28H33F6N5O3/c1-3-35-23(40)14-25(39-17-37-38-24(39)41)9-10-26(36-15-25,20-7-5-4-6-8-20)16-42-18(2)19-11-21(27(29,30)31)13-22(12-19)28(32,33)34/h4-8,11-13,18,36-37H,3,9-10,14-17H2,1-2H3,(H,35,40)(H,38,41)/t18-,25-,26-/m1/s1. The molecular formula is C28H33F6N5O3. The lowest BCUT2D eigenvalue weighted by atomic mass is 9.74. The molecule has 0 radical (unpaired) electrons. The molecule has 2 fully saturated rings. The van der Waals surface area contributed by atoms with Crippen molar-refractivity contribution in [1.82, 2.24) is 26.4 Å². The third-order valence-electron chi connectivity index (χ3n) is 7.87. The number of piperidine rings is 1. The molecule has 0 aromatic heterocycles. The van der Waals surface area contributed by atoms with Crippen molar-refractivity contribution < 1.29 is 40.7 Å². The highest BCUT2D eigenvalue weighted by Crippen LogP contribution is 2.41. The molecule has 3 atom stereocenters. The Balaban J connectivity index is 1.62. The molecule has 14 heteroatoms. The van der Waals surface area contributed by atoms with E-state index in [2.05, 4.69) is 21.5 Å². The highest BCUT2D eigenvalue weighted by molar-refractivity contribution is 5.80. The lowest BCUT2D eigenvalue weighted by Gasteiger charge is -2.50. The number of benzene rings is 2. The van der Waals surface area contributed by atoms with Gasteiger partial charge in [-0.05, 0) is 56.0 Å². The maximum Gasteiger partial charge on any atom is 0.416 e. The van der Waals surface area contributed by atoms with Gasteiger partial charge < -0.3 is 20.3 Å². The van der Waals surface area contributed by atoms with Crippen molar-refractivity contribution in [1.29, 1.82) is 0 Å². The summed E-state index contributed by atoms with van der Waals surface area (Å²) in [6.07, 6.45) is -10.3. The number of carbonyl (C=O) groups is 2. The number of hydrogen-bond donors (Lipinski definition) is 4. The van der Waals surface area contributed by atoms with Crippen LogP contribution in [-0.2, 0) is 27.4 Å². The van der Waals surface area contributed by atoms with Crippen molar-refractivity contribution in [3.8, 4) is 0 Å². The Labute approximate surface area is 239 Å². The highest BCUT2D eigenvalue weighted by Gasteiger charge is 2.50. The number of hydrogen-bond acceptors (Lipinski definition) is 5. The van der Waals surface area contributed by atoms with E-state index in [0.29, 0.717) is 31.5 Å². The van der Waals surface area contributed by atoms with E-state index in [9.17, 15) is 35.9 Å². The molecule has 4 N–H and O–H groups in total. The summed E-state index contributed by atoms with van der Waals surface area (Å²) >= 11 is 0. The summed E-state index contributed by atoms with van der Waals surface area (Å²) in [6.45, 7) is 3.84. The van der Waals surface area contributed by atoms with E-state index in [1.165, 1.54) is 6.92 Å². The summed E-state index contributed by atoms with van der Waals surface area (Å²) in [5.74, 6) is -0.235. The molecule has 8 nitrogen and oxygen atoms in total. The van der Waals surface area contributed by atoms with Crippen molar-refractivity contribution >= 4 is 11.9 Å². The number of hydrazine groups is 1. The van der Waals surface area contributed by atoms with Gasteiger partial charge in [0.1, 0.15) is 0 Å². The van der Waals surface area contributed by atoms with E-state index >= 15 is 0 Å². The fraction of sp³-hybridized carbons (Fsp3) is 0.500. The molecule has 0 spiro atoms. The second-order valence-electron chi connectivity index (χ2n) is 10.6. The van der Waals surface area contributed by atoms with E-state index in [1.807, 2.05) is 18.2 Å². The van der Waals surface area contributed by atoms with Gasteiger partial charge in [-0.25, -0.2) is 10.2 Å². The third kappa shape index (κ3) is 6.81. The van der Waals surface area contributed by atoms with Crippen LogP contribution in [0, 0.1) is 0 Å². The van der Waals surface area contributed by atoms with Crippen molar-refractivity contribution in [2.45, 2.75) is 62.6 Å². The molecular weight excluding hydrogens is 568 g/mol. The van der Waals surface area contributed by atoms with Gasteiger partial charge in [-0.3, -0.25) is 10.2 Å². The van der Waals surface area contributed by atoms with E-state index in [-0.39, 0.29) is 49.8 Å². The largest absolute Gasteiger partial charge is 0.416 e.